The molecule has 0 atom stereocenters. The normalized spacial score (nSPS) is 12.3. The van der Waals surface area contributed by atoms with Crippen molar-refractivity contribution in [2.45, 2.75) is 25.8 Å². The SMILES string of the molecule is O=C(O)c1cnc(CNC(=S)Nc2nccc3c2Cc2cccc(F)c2CC3)c(Cl)c1. The van der Waals surface area contributed by atoms with E-state index in [1.807, 2.05) is 12.1 Å². The van der Waals surface area contributed by atoms with Crippen LogP contribution in [-0.4, -0.2) is 26.2 Å². The molecule has 2 heterocycles. The monoisotopic (exact) mass is 456 g/mol. The third-order valence-corrected chi connectivity index (χ3v) is 5.77. The molecule has 0 radical (unpaired) electrons. The van der Waals surface area contributed by atoms with Gasteiger partial charge in [-0.15, -0.1) is 0 Å². The van der Waals surface area contributed by atoms with Gasteiger partial charge in [-0.05, 0) is 59.9 Å². The van der Waals surface area contributed by atoms with Gasteiger partial charge in [0.05, 0.1) is 22.8 Å². The number of fused-ring (bicyclic) bond motifs is 2. The summed E-state index contributed by atoms with van der Waals surface area (Å²) in [5, 5.41) is 15.7. The highest BCUT2D eigenvalue weighted by molar-refractivity contribution is 7.80. The molecule has 158 valence electrons. The van der Waals surface area contributed by atoms with Gasteiger partial charge in [0.25, 0.3) is 0 Å². The number of aromatic nitrogens is 2. The van der Waals surface area contributed by atoms with Crippen molar-refractivity contribution in [3.05, 3.63) is 87.1 Å². The first-order chi connectivity index (χ1) is 14.9. The highest BCUT2D eigenvalue weighted by atomic mass is 35.5. The smallest absolute Gasteiger partial charge is 0.337 e. The largest absolute Gasteiger partial charge is 0.478 e. The van der Waals surface area contributed by atoms with Crippen molar-refractivity contribution in [3.63, 3.8) is 0 Å². The van der Waals surface area contributed by atoms with Crippen LogP contribution < -0.4 is 10.6 Å². The van der Waals surface area contributed by atoms with Gasteiger partial charge >= 0.3 is 5.97 Å². The lowest BCUT2D eigenvalue weighted by molar-refractivity contribution is 0.0696. The summed E-state index contributed by atoms with van der Waals surface area (Å²) in [7, 11) is 0. The second kappa shape index (κ2) is 8.95. The van der Waals surface area contributed by atoms with Crippen molar-refractivity contribution >= 4 is 40.7 Å². The van der Waals surface area contributed by atoms with Crippen molar-refractivity contribution < 1.29 is 14.3 Å². The summed E-state index contributed by atoms with van der Waals surface area (Å²) < 4.78 is 14.2. The lowest BCUT2D eigenvalue weighted by Gasteiger charge is -2.15. The van der Waals surface area contributed by atoms with Gasteiger partial charge in [0.15, 0.2) is 5.11 Å². The van der Waals surface area contributed by atoms with E-state index in [0.29, 0.717) is 29.5 Å². The zero-order valence-electron chi connectivity index (χ0n) is 16.3. The highest BCUT2D eigenvalue weighted by Crippen LogP contribution is 2.29. The van der Waals surface area contributed by atoms with Crippen molar-refractivity contribution in [2.75, 3.05) is 5.32 Å². The molecule has 0 unspecified atom stereocenters. The molecule has 0 saturated heterocycles. The number of hydrogen-bond acceptors (Lipinski definition) is 4. The molecule has 1 aliphatic carbocycles. The molecule has 0 bridgehead atoms. The first-order valence-corrected chi connectivity index (χ1v) is 10.4. The number of pyridine rings is 2. The molecule has 2 aromatic heterocycles. The Morgan fingerprint density at radius 1 is 1.19 bits per heavy atom. The van der Waals surface area contributed by atoms with Crippen molar-refractivity contribution in [1.29, 1.82) is 0 Å². The number of carbonyl (C=O) groups is 1. The minimum atomic E-state index is -1.09. The van der Waals surface area contributed by atoms with Gasteiger partial charge in [0, 0.05) is 24.4 Å². The van der Waals surface area contributed by atoms with Gasteiger partial charge < -0.3 is 15.7 Å². The number of hydrogen-bond donors (Lipinski definition) is 3. The number of aryl methyl sites for hydroxylation is 1. The van der Waals surface area contributed by atoms with Crippen LogP contribution in [0, 0.1) is 5.82 Å². The van der Waals surface area contributed by atoms with Gasteiger partial charge in [0.1, 0.15) is 11.6 Å². The minimum Gasteiger partial charge on any atom is -0.478 e. The van der Waals surface area contributed by atoms with Gasteiger partial charge in [-0.3, -0.25) is 4.98 Å². The predicted molar refractivity (Wildman–Crippen MR) is 120 cm³/mol. The molecule has 0 aliphatic heterocycles. The fourth-order valence-electron chi connectivity index (χ4n) is 3.60. The average molecular weight is 457 g/mol. The first-order valence-electron chi connectivity index (χ1n) is 9.58. The number of nitrogens with zero attached hydrogens (tertiary/aromatic N) is 2. The fourth-order valence-corrected chi connectivity index (χ4v) is 4.00. The van der Waals surface area contributed by atoms with Crippen LogP contribution in [0.15, 0.2) is 42.7 Å². The van der Waals surface area contributed by atoms with E-state index in [2.05, 4.69) is 20.6 Å². The Hall–Kier alpha value is -3.10. The van der Waals surface area contributed by atoms with Gasteiger partial charge in [-0.2, -0.15) is 0 Å². The third kappa shape index (κ3) is 4.65. The molecule has 0 fully saturated rings. The van der Waals surface area contributed by atoms with Gasteiger partial charge in [-0.25, -0.2) is 14.2 Å². The molecule has 0 saturated carbocycles. The van der Waals surface area contributed by atoms with Gasteiger partial charge in [-0.1, -0.05) is 23.7 Å². The minimum absolute atomic E-state index is 0.0161. The number of thiocarbonyl (C=S) groups is 1. The molecular weight excluding hydrogens is 439 g/mol. The number of carboxylic acid groups (broad SMARTS) is 1. The van der Waals surface area contributed by atoms with Crippen molar-refractivity contribution in [3.8, 4) is 0 Å². The lowest BCUT2D eigenvalue weighted by Crippen LogP contribution is -2.29. The fraction of sp³-hybridized carbons (Fsp3) is 0.182. The number of nitrogens with one attached hydrogen (secondary N) is 2. The topological polar surface area (TPSA) is 87.1 Å². The van der Waals surface area contributed by atoms with Crippen LogP contribution in [0.5, 0.6) is 0 Å². The summed E-state index contributed by atoms with van der Waals surface area (Å²) in [5.74, 6) is -0.654. The Kier molecular flexibility index (Phi) is 6.11. The van der Waals surface area contributed by atoms with E-state index in [1.54, 1.807) is 12.3 Å². The van der Waals surface area contributed by atoms with Crippen LogP contribution in [-0.2, 0) is 25.8 Å². The van der Waals surface area contributed by atoms with E-state index in [4.69, 9.17) is 28.9 Å². The predicted octanol–water partition coefficient (Wildman–Crippen LogP) is 4.14. The Morgan fingerprint density at radius 2 is 2.03 bits per heavy atom. The lowest BCUT2D eigenvalue weighted by atomic mass is 10.0. The summed E-state index contributed by atoms with van der Waals surface area (Å²) in [4.78, 5) is 19.5. The van der Waals surface area contributed by atoms with E-state index in [-0.39, 0.29) is 22.9 Å². The number of rotatable bonds is 4. The van der Waals surface area contributed by atoms with Crippen LogP contribution >= 0.6 is 23.8 Å². The second-order valence-electron chi connectivity index (χ2n) is 7.12. The Balaban J connectivity index is 1.48. The Labute approximate surface area is 188 Å². The van der Waals surface area contributed by atoms with Crippen molar-refractivity contribution in [2.24, 2.45) is 0 Å². The Bertz CT molecular complexity index is 1190. The maximum Gasteiger partial charge on any atom is 0.337 e. The standard InChI is InChI=1S/C22H18ClFN4O2S/c23-17-9-14(21(29)30)10-26-19(17)11-27-22(31)28-20-16-8-13-2-1-3-18(24)15(13)5-4-12(16)6-7-25-20/h1-3,6-7,9-10H,4-5,8,11H2,(H,29,30)(H2,25,27,28,31). The molecule has 1 aromatic carbocycles. The van der Waals surface area contributed by atoms with Crippen molar-refractivity contribution in [1.82, 2.24) is 15.3 Å². The summed E-state index contributed by atoms with van der Waals surface area (Å²) in [6, 6.07) is 8.46. The summed E-state index contributed by atoms with van der Waals surface area (Å²) in [6.45, 7) is 0.216. The van der Waals surface area contributed by atoms with E-state index in [0.717, 1.165) is 28.7 Å². The molecule has 0 spiro atoms. The van der Waals surface area contributed by atoms with Crippen LogP contribution in [0.25, 0.3) is 0 Å². The molecule has 31 heavy (non-hydrogen) atoms. The van der Waals surface area contributed by atoms with Crippen LogP contribution in [0.2, 0.25) is 5.02 Å². The second-order valence-corrected chi connectivity index (χ2v) is 7.93. The number of halogens is 2. The van der Waals surface area contributed by atoms with Crippen LogP contribution in [0.4, 0.5) is 10.2 Å². The summed E-state index contributed by atoms with van der Waals surface area (Å²) in [5.41, 5.74) is 4.27. The molecule has 0 amide bonds. The molecule has 3 N–H and O–H groups in total. The maximum atomic E-state index is 14.2. The highest BCUT2D eigenvalue weighted by Gasteiger charge is 2.19. The first kappa shape index (κ1) is 21.1. The third-order valence-electron chi connectivity index (χ3n) is 5.19. The summed E-state index contributed by atoms with van der Waals surface area (Å²) >= 11 is 11.5. The number of anilines is 1. The molecule has 3 aromatic rings. The molecule has 1 aliphatic rings. The Morgan fingerprint density at radius 3 is 2.81 bits per heavy atom. The zero-order valence-corrected chi connectivity index (χ0v) is 17.9. The molecule has 9 heteroatoms. The van der Waals surface area contributed by atoms with E-state index in [9.17, 15) is 9.18 Å². The van der Waals surface area contributed by atoms with Crippen LogP contribution in [0.1, 0.15) is 38.3 Å². The number of aromatic carboxylic acids is 1. The zero-order chi connectivity index (χ0) is 22.0. The van der Waals surface area contributed by atoms with Crippen LogP contribution in [0.3, 0.4) is 0 Å². The maximum absolute atomic E-state index is 14.2. The molecule has 6 nitrogen and oxygen atoms in total. The molecular formula is C22H18ClFN4O2S. The van der Waals surface area contributed by atoms with E-state index in [1.165, 1.54) is 18.3 Å². The molecule has 4 rings (SSSR count). The van der Waals surface area contributed by atoms with Gasteiger partial charge in [0.2, 0.25) is 0 Å². The quantitative estimate of drug-likeness (QED) is 0.508. The number of carboxylic acids is 1. The average Bonchev–Trinajstić information content (AvgIpc) is 2.94. The summed E-state index contributed by atoms with van der Waals surface area (Å²) in [6.07, 6.45) is 4.87. The van der Waals surface area contributed by atoms with E-state index >= 15 is 0 Å². The van der Waals surface area contributed by atoms with E-state index < -0.39 is 5.97 Å². The number of benzene rings is 1.